The molecule has 0 spiro atoms. The molecule has 1 nitrogen and oxygen atoms in total. The van der Waals surface area contributed by atoms with Crippen molar-refractivity contribution >= 4 is 5.70 Å². The van der Waals surface area contributed by atoms with Crippen molar-refractivity contribution in [3.05, 3.63) is 77.5 Å². The van der Waals surface area contributed by atoms with Crippen molar-refractivity contribution in [2.45, 2.75) is 46.5 Å². The Morgan fingerprint density at radius 2 is 2.00 bits per heavy atom. The van der Waals surface area contributed by atoms with E-state index in [-0.39, 0.29) is 5.57 Å². The number of rotatable bonds is 8. The van der Waals surface area contributed by atoms with Gasteiger partial charge >= 0.3 is 0 Å². The Balaban J connectivity index is 3.00. The van der Waals surface area contributed by atoms with Gasteiger partial charge in [-0.15, -0.1) is 0 Å². The molecule has 0 unspecified atom stereocenters. The van der Waals surface area contributed by atoms with E-state index in [9.17, 15) is 8.78 Å². The van der Waals surface area contributed by atoms with Crippen LogP contribution in [0.5, 0.6) is 0 Å². The number of halogens is 2. The van der Waals surface area contributed by atoms with Gasteiger partial charge in [0.2, 0.25) is 0 Å². The van der Waals surface area contributed by atoms with E-state index in [0.29, 0.717) is 11.4 Å². The number of allylic oxidation sites excluding steroid dienone is 4. The average Bonchev–Trinajstić information content (AvgIpc) is 2.51. The van der Waals surface area contributed by atoms with Gasteiger partial charge in [-0.25, -0.2) is 8.78 Å². The highest BCUT2D eigenvalue weighted by molar-refractivity contribution is 5.65. The molecule has 1 rings (SSSR count). The summed E-state index contributed by atoms with van der Waals surface area (Å²) in [5.41, 5.74) is 4.54. The maximum atomic E-state index is 13.5. The van der Waals surface area contributed by atoms with Gasteiger partial charge in [0, 0.05) is 23.9 Å². The first kappa shape index (κ1) is 19.9. The van der Waals surface area contributed by atoms with Gasteiger partial charge < -0.3 is 5.32 Å². The van der Waals surface area contributed by atoms with Crippen LogP contribution in [-0.4, -0.2) is 5.92 Å². The molecule has 0 fully saturated rings. The first-order chi connectivity index (χ1) is 11.2. The Kier molecular flexibility index (Phi) is 7.15. The highest BCUT2D eigenvalue weighted by Gasteiger charge is 2.25. The van der Waals surface area contributed by atoms with Crippen LogP contribution in [0.25, 0.3) is 5.70 Å². The van der Waals surface area contributed by atoms with Crippen molar-refractivity contribution in [2.75, 3.05) is 0 Å². The van der Waals surface area contributed by atoms with Crippen molar-refractivity contribution in [1.29, 1.82) is 0 Å². The standard InChI is InChI=1S/C21H27F2N/c1-7-10-17-11-12-18(13-15(17)4)16(5)24-20(9-3)14-19(8-2)21(6,22)23/h8-9,11-14,24H,3,5,7,10H2,1-2,4,6H3/b19-8+,20-14+. The summed E-state index contributed by atoms with van der Waals surface area (Å²) >= 11 is 0. The van der Waals surface area contributed by atoms with E-state index < -0.39 is 5.92 Å². The average molecular weight is 331 g/mol. The second-order valence-corrected chi connectivity index (χ2v) is 5.93. The summed E-state index contributed by atoms with van der Waals surface area (Å²) in [5.74, 6) is -2.90. The topological polar surface area (TPSA) is 12.0 Å². The van der Waals surface area contributed by atoms with Crippen LogP contribution in [0.3, 0.4) is 0 Å². The van der Waals surface area contributed by atoms with Crippen molar-refractivity contribution in [3.63, 3.8) is 0 Å². The molecule has 24 heavy (non-hydrogen) atoms. The fraction of sp³-hybridized carbons (Fsp3) is 0.333. The fourth-order valence-electron chi connectivity index (χ4n) is 2.46. The summed E-state index contributed by atoms with van der Waals surface area (Å²) in [6.45, 7) is 14.4. The molecule has 1 N–H and O–H groups in total. The third kappa shape index (κ3) is 5.48. The molecule has 0 radical (unpaired) electrons. The fourth-order valence-corrected chi connectivity index (χ4v) is 2.46. The first-order valence-corrected chi connectivity index (χ1v) is 8.17. The number of nitrogens with one attached hydrogen (secondary N) is 1. The van der Waals surface area contributed by atoms with Crippen LogP contribution in [0, 0.1) is 6.92 Å². The zero-order chi connectivity index (χ0) is 18.3. The highest BCUT2D eigenvalue weighted by atomic mass is 19.3. The molecule has 1 aromatic rings. The van der Waals surface area contributed by atoms with Crippen molar-refractivity contribution < 1.29 is 8.78 Å². The Morgan fingerprint density at radius 1 is 1.33 bits per heavy atom. The molecule has 0 aliphatic carbocycles. The zero-order valence-corrected chi connectivity index (χ0v) is 15.0. The molecule has 0 atom stereocenters. The van der Waals surface area contributed by atoms with Crippen molar-refractivity contribution in [3.8, 4) is 0 Å². The number of alkyl halides is 2. The summed E-state index contributed by atoms with van der Waals surface area (Å²) in [6.07, 6.45) is 6.45. The molecule has 0 bridgehead atoms. The minimum Gasteiger partial charge on any atom is -0.356 e. The predicted molar refractivity (Wildman–Crippen MR) is 100 cm³/mol. The van der Waals surface area contributed by atoms with E-state index in [1.807, 2.05) is 6.07 Å². The third-order valence-electron chi connectivity index (χ3n) is 3.85. The summed E-state index contributed by atoms with van der Waals surface area (Å²) in [4.78, 5) is 0. The van der Waals surface area contributed by atoms with E-state index >= 15 is 0 Å². The number of hydrogen-bond acceptors (Lipinski definition) is 1. The Bertz CT molecular complexity index is 661. The minimum atomic E-state index is -2.90. The monoisotopic (exact) mass is 331 g/mol. The van der Waals surface area contributed by atoms with Gasteiger partial charge in [-0.3, -0.25) is 0 Å². The molecular weight excluding hydrogens is 304 g/mol. The van der Waals surface area contributed by atoms with Crippen LogP contribution in [-0.2, 0) is 6.42 Å². The lowest BCUT2D eigenvalue weighted by atomic mass is 10.0. The molecule has 0 saturated carbocycles. The number of aryl methyl sites for hydroxylation is 2. The van der Waals surface area contributed by atoms with Gasteiger partial charge in [-0.05, 0) is 55.2 Å². The SMILES string of the molecule is C=C/C(=C\C(=C/C)C(C)(F)F)NC(=C)c1ccc(CCC)c(C)c1. The number of benzene rings is 1. The van der Waals surface area contributed by atoms with Gasteiger partial charge in [0.25, 0.3) is 5.92 Å². The van der Waals surface area contributed by atoms with Crippen LogP contribution < -0.4 is 5.32 Å². The largest absolute Gasteiger partial charge is 0.356 e. The van der Waals surface area contributed by atoms with Crippen LogP contribution in [0.2, 0.25) is 0 Å². The first-order valence-electron chi connectivity index (χ1n) is 8.17. The van der Waals surface area contributed by atoms with E-state index in [2.05, 4.69) is 44.5 Å². The molecule has 130 valence electrons. The van der Waals surface area contributed by atoms with Gasteiger partial charge in [0.05, 0.1) is 0 Å². The normalized spacial score (nSPS) is 12.9. The number of hydrogen-bond donors (Lipinski definition) is 1. The Hall–Kier alpha value is -2.16. The van der Waals surface area contributed by atoms with Crippen molar-refractivity contribution in [1.82, 2.24) is 5.32 Å². The van der Waals surface area contributed by atoms with Crippen LogP contribution in [0.4, 0.5) is 8.78 Å². The molecular formula is C21H27F2N. The van der Waals surface area contributed by atoms with Gasteiger partial charge in [0.1, 0.15) is 0 Å². The van der Waals surface area contributed by atoms with Gasteiger partial charge in [0.15, 0.2) is 0 Å². The highest BCUT2D eigenvalue weighted by Crippen LogP contribution is 2.25. The van der Waals surface area contributed by atoms with E-state index in [1.54, 1.807) is 6.92 Å². The predicted octanol–water partition coefficient (Wildman–Crippen LogP) is 6.18. The second kappa shape index (κ2) is 8.62. The van der Waals surface area contributed by atoms with Crippen LogP contribution in [0.15, 0.2) is 60.9 Å². The maximum absolute atomic E-state index is 13.5. The summed E-state index contributed by atoms with van der Waals surface area (Å²) < 4.78 is 27.0. The summed E-state index contributed by atoms with van der Waals surface area (Å²) in [7, 11) is 0. The molecule has 0 aliphatic rings. The molecule has 0 saturated heterocycles. The van der Waals surface area contributed by atoms with E-state index in [4.69, 9.17) is 0 Å². The van der Waals surface area contributed by atoms with E-state index in [0.717, 1.165) is 25.3 Å². The summed E-state index contributed by atoms with van der Waals surface area (Å²) in [5, 5.41) is 3.07. The lowest BCUT2D eigenvalue weighted by Gasteiger charge is -2.16. The van der Waals surface area contributed by atoms with Gasteiger partial charge in [-0.1, -0.05) is 44.7 Å². The van der Waals surface area contributed by atoms with E-state index in [1.165, 1.54) is 29.4 Å². The molecule has 1 aromatic carbocycles. The van der Waals surface area contributed by atoms with Gasteiger partial charge in [-0.2, -0.15) is 0 Å². The lowest BCUT2D eigenvalue weighted by molar-refractivity contribution is 0.0672. The quantitative estimate of drug-likeness (QED) is 0.561. The molecule has 0 aliphatic heterocycles. The molecule has 0 amide bonds. The van der Waals surface area contributed by atoms with Crippen LogP contribution in [0.1, 0.15) is 43.9 Å². The minimum absolute atomic E-state index is 0.0628. The Labute approximate surface area is 144 Å². The summed E-state index contributed by atoms with van der Waals surface area (Å²) in [6, 6.07) is 6.15. The zero-order valence-electron chi connectivity index (χ0n) is 15.0. The molecule has 0 aromatic heterocycles. The third-order valence-corrected chi connectivity index (χ3v) is 3.85. The smallest absolute Gasteiger partial charge is 0.270 e. The maximum Gasteiger partial charge on any atom is 0.270 e. The molecule has 3 heteroatoms. The van der Waals surface area contributed by atoms with Crippen LogP contribution >= 0.6 is 0 Å². The second-order valence-electron chi connectivity index (χ2n) is 5.93. The lowest BCUT2D eigenvalue weighted by Crippen LogP contribution is -2.15. The Morgan fingerprint density at radius 3 is 2.46 bits per heavy atom. The molecule has 0 heterocycles. The van der Waals surface area contributed by atoms with Crippen molar-refractivity contribution in [2.24, 2.45) is 0 Å².